The zero-order valence-corrected chi connectivity index (χ0v) is 21.5. The fraction of sp³-hybridized carbons (Fsp3) is 0.440. The Morgan fingerprint density at radius 2 is 1.66 bits per heavy atom. The summed E-state index contributed by atoms with van der Waals surface area (Å²) in [5, 5.41) is 2.84. The van der Waals surface area contributed by atoms with Gasteiger partial charge in [0.05, 0.1) is 11.9 Å². The van der Waals surface area contributed by atoms with E-state index in [0.29, 0.717) is 17.3 Å². The van der Waals surface area contributed by atoms with E-state index in [-0.39, 0.29) is 24.1 Å². The number of aryl methyl sites for hydroxylation is 1. The highest BCUT2D eigenvalue weighted by Crippen LogP contribution is 2.22. The number of halogens is 2. The summed E-state index contributed by atoms with van der Waals surface area (Å²) in [7, 11) is -4.03. The normalized spacial score (nSPS) is 12.3. The van der Waals surface area contributed by atoms with Crippen molar-refractivity contribution < 1.29 is 26.8 Å². The van der Waals surface area contributed by atoms with Crippen molar-refractivity contribution >= 4 is 27.5 Å². The molecule has 2 amide bonds. The lowest BCUT2D eigenvalue weighted by Crippen LogP contribution is -2.52. The maximum absolute atomic E-state index is 13.8. The minimum atomic E-state index is -4.03. The van der Waals surface area contributed by atoms with Gasteiger partial charge in [0, 0.05) is 19.2 Å². The van der Waals surface area contributed by atoms with E-state index >= 15 is 0 Å². The van der Waals surface area contributed by atoms with E-state index in [9.17, 15) is 26.8 Å². The van der Waals surface area contributed by atoms with E-state index in [0.717, 1.165) is 35.6 Å². The summed E-state index contributed by atoms with van der Waals surface area (Å²) in [5.74, 6) is -3.17. The quantitative estimate of drug-likeness (QED) is 0.501. The minimum Gasteiger partial charge on any atom is -0.354 e. The Morgan fingerprint density at radius 1 is 1.03 bits per heavy atom. The molecule has 0 aliphatic heterocycles. The van der Waals surface area contributed by atoms with Gasteiger partial charge in [-0.1, -0.05) is 50.6 Å². The van der Waals surface area contributed by atoms with Crippen LogP contribution in [0.2, 0.25) is 0 Å². The number of nitrogens with zero attached hydrogens (tertiary/aromatic N) is 2. The van der Waals surface area contributed by atoms with Crippen molar-refractivity contribution in [1.82, 2.24) is 10.2 Å². The van der Waals surface area contributed by atoms with Crippen molar-refractivity contribution in [3.8, 4) is 0 Å². The maximum atomic E-state index is 13.8. The lowest BCUT2D eigenvalue weighted by atomic mass is 10.1. The predicted octanol–water partition coefficient (Wildman–Crippen LogP) is 3.62. The van der Waals surface area contributed by atoms with Crippen LogP contribution in [0.3, 0.4) is 0 Å². The van der Waals surface area contributed by atoms with Gasteiger partial charge in [-0.25, -0.2) is 17.2 Å². The topological polar surface area (TPSA) is 86.8 Å². The molecule has 0 heterocycles. The van der Waals surface area contributed by atoms with Crippen LogP contribution in [-0.2, 0) is 26.2 Å². The first-order valence-electron chi connectivity index (χ1n) is 11.4. The third-order valence-corrected chi connectivity index (χ3v) is 6.55. The lowest BCUT2D eigenvalue weighted by molar-refractivity contribution is -0.140. The van der Waals surface area contributed by atoms with Gasteiger partial charge >= 0.3 is 0 Å². The Bertz CT molecular complexity index is 1140. The molecule has 0 spiro atoms. The SMILES string of the molecule is CC[C@@H](C(=O)NCC(C)C)N(Cc1ccc(C)cc1)C(=O)CN(c1ccc(F)c(F)c1)S(C)(=O)=O. The summed E-state index contributed by atoms with van der Waals surface area (Å²) in [4.78, 5) is 27.8. The van der Waals surface area contributed by atoms with Gasteiger partial charge in [0.15, 0.2) is 11.6 Å². The molecule has 10 heteroatoms. The van der Waals surface area contributed by atoms with Gasteiger partial charge in [0.2, 0.25) is 21.8 Å². The van der Waals surface area contributed by atoms with Crippen LogP contribution in [0, 0.1) is 24.5 Å². The fourth-order valence-electron chi connectivity index (χ4n) is 3.49. The van der Waals surface area contributed by atoms with Gasteiger partial charge in [-0.3, -0.25) is 13.9 Å². The van der Waals surface area contributed by atoms with Crippen LogP contribution in [0.25, 0.3) is 0 Å². The summed E-state index contributed by atoms with van der Waals surface area (Å²) in [5.41, 5.74) is 1.60. The summed E-state index contributed by atoms with van der Waals surface area (Å²) in [6.45, 7) is 7.40. The molecule has 2 aromatic rings. The highest BCUT2D eigenvalue weighted by molar-refractivity contribution is 7.92. The highest BCUT2D eigenvalue weighted by atomic mass is 32.2. The Hall–Kier alpha value is -3.01. The van der Waals surface area contributed by atoms with Crippen LogP contribution in [0.1, 0.15) is 38.3 Å². The molecule has 192 valence electrons. The Labute approximate surface area is 206 Å². The first kappa shape index (κ1) is 28.2. The zero-order chi connectivity index (χ0) is 26.3. The van der Waals surface area contributed by atoms with Crippen molar-refractivity contribution in [3.05, 3.63) is 65.2 Å². The van der Waals surface area contributed by atoms with Gasteiger partial charge in [0.1, 0.15) is 12.6 Å². The number of carbonyl (C=O) groups is 2. The number of amides is 2. The van der Waals surface area contributed by atoms with E-state index in [1.807, 2.05) is 45.0 Å². The van der Waals surface area contributed by atoms with Crippen LogP contribution in [-0.4, -0.2) is 50.5 Å². The van der Waals surface area contributed by atoms with Crippen molar-refractivity contribution in [2.75, 3.05) is 23.7 Å². The fourth-order valence-corrected chi connectivity index (χ4v) is 4.33. The summed E-state index contributed by atoms with van der Waals surface area (Å²) in [6, 6.07) is 9.17. The van der Waals surface area contributed by atoms with Crippen molar-refractivity contribution in [1.29, 1.82) is 0 Å². The third kappa shape index (κ3) is 8.02. The second-order valence-corrected chi connectivity index (χ2v) is 10.8. The summed E-state index contributed by atoms with van der Waals surface area (Å²) >= 11 is 0. The van der Waals surface area contributed by atoms with Gasteiger partial charge in [0.25, 0.3) is 0 Å². The molecule has 0 aromatic heterocycles. The van der Waals surface area contributed by atoms with E-state index in [1.54, 1.807) is 6.92 Å². The first-order valence-corrected chi connectivity index (χ1v) is 13.2. The molecule has 0 aliphatic rings. The van der Waals surface area contributed by atoms with Crippen LogP contribution in [0.15, 0.2) is 42.5 Å². The Morgan fingerprint density at radius 3 is 2.17 bits per heavy atom. The predicted molar refractivity (Wildman–Crippen MR) is 132 cm³/mol. The van der Waals surface area contributed by atoms with Gasteiger partial charge < -0.3 is 10.2 Å². The van der Waals surface area contributed by atoms with Crippen LogP contribution in [0.4, 0.5) is 14.5 Å². The molecule has 0 saturated carbocycles. The highest BCUT2D eigenvalue weighted by Gasteiger charge is 2.32. The molecule has 2 rings (SSSR count). The summed E-state index contributed by atoms with van der Waals surface area (Å²) in [6.07, 6.45) is 1.17. The second kappa shape index (κ2) is 12.1. The molecule has 2 aromatic carbocycles. The van der Waals surface area contributed by atoms with E-state index in [4.69, 9.17) is 0 Å². The maximum Gasteiger partial charge on any atom is 0.244 e. The molecule has 1 atom stereocenters. The van der Waals surface area contributed by atoms with E-state index in [2.05, 4.69) is 5.32 Å². The number of nitrogens with one attached hydrogen (secondary N) is 1. The average molecular weight is 510 g/mol. The smallest absolute Gasteiger partial charge is 0.244 e. The van der Waals surface area contributed by atoms with Crippen molar-refractivity contribution in [2.45, 2.75) is 46.7 Å². The molecule has 1 N–H and O–H groups in total. The lowest BCUT2D eigenvalue weighted by Gasteiger charge is -2.33. The number of sulfonamides is 1. The molecule has 0 unspecified atom stereocenters. The van der Waals surface area contributed by atoms with Crippen LogP contribution >= 0.6 is 0 Å². The molecular weight excluding hydrogens is 476 g/mol. The number of anilines is 1. The van der Waals surface area contributed by atoms with Crippen molar-refractivity contribution in [3.63, 3.8) is 0 Å². The molecule has 0 saturated heterocycles. The number of hydrogen-bond acceptors (Lipinski definition) is 4. The Balaban J connectivity index is 2.43. The molecular formula is C25H33F2N3O4S. The van der Waals surface area contributed by atoms with E-state index in [1.165, 1.54) is 4.90 Å². The van der Waals surface area contributed by atoms with Crippen LogP contribution < -0.4 is 9.62 Å². The molecule has 7 nitrogen and oxygen atoms in total. The van der Waals surface area contributed by atoms with E-state index < -0.39 is 40.2 Å². The standard InChI is InChI=1S/C25H33F2N3O4S/c1-6-23(25(32)28-14-17(2)3)29(15-19-9-7-18(4)8-10-19)24(31)16-30(35(5,33)34)20-11-12-21(26)22(27)13-20/h7-13,17,23H,6,14-16H2,1-5H3,(H,28,32)/t23-/m0/s1. The first-order chi connectivity index (χ1) is 16.3. The van der Waals surface area contributed by atoms with Crippen LogP contribution in [0.5, 0.6) is 0 Å². The minimum absolute atomic E-state index is 0.0715. The zero-order valence-electron chi connectivity index (χ0n) is 20.7. The number of rotatable bonds is 11. The monoisotopic (exact) mass is 509 g/mol. The molecule has 0 aliphatic carbocycles. The third-order valence-electron chi connectivity index (χ3n) is 5.41. The van der Waals surface area contributed by atoms with Crippen molar-refractivity contribution in [2.24, 2.45) is 5.92 Å². The molecule has 0 radical (unpaired) electrons. The van der Waals surface area contributed by atoms with Gasteiger partial charge in [-0.05, 0) is 37.0 Å². The Kier molecular flexibility index (Phi) is 9.76. The number of carbonyl (C=O) groups excluding carboxylic acids is 2. The second-order valence-electron chi connectivity index (χ2n) is 8.94. The molecule has 0 fully saturated rings. The average Bonchev–Trinajstić information content (AvgIpc) is 2.78. The molecule has 35 heavy (non-hydrogen) atoms. The largest absolute Gasteiger partial charge is 0.354 e. The summed E-state index contributed by atoms with van der Waals surface area (Å²) < 4.78 is 53.0. The van der Waals surface area contributed by atoms with Gasteiger partial charge in [-0.15, -0.1) is 0 Å². The number of hydrogen-bond donors (Lipinski definition) is 1. The van der Waals surface area contributed by atoms with Gasteiger partial charge in [-0.2, -0.15) is 0 Å². The molecule has 0 bridgehead atoms. The number of benzene rings is 2.